The van der Waals surface area contributed by atoms with Crippen LogP contribution < -0.4 is 9.47 Å². The Hall–Kier alpha value is -1.18. The summed E-state index contributed by atoms with van der Waals surface area (Å²) in [5.41, 5.74) is 0.578. The minimum absolute atomic E-state index is 0.117. The first kappa shape index (κ1) is 25.9. The van der Waals surface area contributed by atoms with E-state index >= 15 is 0 Å². The number of carbonyl (C=O) groups excluding carboxylic acids is 1. The molecule has 0 aliphatic heterocycles. The van der Waals surface area contributed by atoms with Gasteiger partial charge in [-0.3, -0.25) is 0 Å². The Morgan fingerprint density at radius 1 is 1.21 bits per heavy atom. The van der Waals surface area contributed by atoms with E-state index < -0.39 is 5.97 Å². The summed E-state index contributed by atoms with van der Waals surface area (Å²) in [4.78, 5) is 15.2. The number of halogens is 4. The zero-order valence-corrected chi connectivity index (χ0v) is 19.4. The fourth-order valence-electron chi connectivity index (χ4n) is 2.05. The molecule has 0 saturated heterocycles. The molecule has 1 rings (SSSR count). The Morgan fingerprint density at radius 3 is 2.45 bits per heavy atom. The van der Waals surface area contributed by atoms with E-state index in [0.717, 1.165) is 12.8 Å². The second kappa shape index (κ2) is 13.9. The summed E-state index contributed by atoms with van der Waals surface area (Å²) in [7, 11) is 0. The van der Waals surface area contributed by atoms with Gasteiger partial charge in [0, 0.05) is 25.7 Å². The molecule has 1 aromatic carbocycles. The topological polar surface area (TPSA) is 66.4 Å². The lowest BCUT2D eigenvalue weighted by Crippen LogP contribution is -2.14. The van der Waals surface area contributed by atoms with E-state index in [1.54, 1.807) is 19.1 Å². The van der Waals surface area contributed by atoms with Crippen LogP contribution in [0.3, 0.4) is 0 Å². The van der Waals surface area contributed by atoms with Crippen LogP contribution >= 0.6 is 46.4 Å². The molecule has 0 N–H and O–H groups in total. The number of hydrogen-bond acceptors (Lipinski definition) is 6. The number of nitrogens with zero attached hydrogens (tertiary/aromatic N) is 1. The van der Waals surface area contributed by atoms with Crippen molar-refractivity contribution < 1.29 is 23.8 Å². The van der Waals surface area contributed by atoms with Gasteiger partial charge >= 0.3 is 5.97 Å². The quantitative estimate of drug-likeness (QED) is 0.152. The molecule has 0 aliphatic carbocycles. The minimum Gasteiger partial charge on any atom is -0.489 e. The van der Waals surface area contributed by atoms with Gasteiger partial charge in [0.15, 0.2) is 5.75 Å². The van der Waals surface area contributed by atoms with Crippen LogP contribution in [-0.2, 0) is 14.4 Å². The van der Waals surface area contributed by atoms with Gasteiger partial charge < -0.3 is 19.0 Å². The molecule has 1 atom stereocenters. The van der Waals surface area contributed by atoms with Gasteiger partial charge in [0.05, 0.1) is 28.5 Å². The average Bonchev–Trinajstić information content (AvgIpc) is 2.62. The third kappa shape index (κ3) is 11.6. The van der Waals surface area contributed by atoms with E-state index in [1.165, 1.54) is 13.0 Å². The van der Waals surface area contributed by atoms with Crippen LogP contribution in [0.1, 0.15) is 33.6 Å². The highest BCUT2D eigenvalue weighted by Gasteiger charge is 2.14. The average molecular weight is 487 g/mol. The number of hydrogen-bond donors (Lipinski definition) is 0. The van der Waals surface area contributed by atoms with Crippen LogP contribution in [0.15, 0.2) is 27.9 Å². The van der Waals surface area contributed by atoms with Crippen molar-refractivity contribution in [2.24, 2.45) is 5.16 Å². The van der Waals surface area contributed by atoms with Crippen LogP contribution in [0.5, 0.6) is 11.5 Å². The first-order valence-corrected chi connectivity index (χ1v) is 10.3. The van der Waals surface area contributed by atoms with Gasteiger partial charge in [-0.2, -0.15) is 0 Å². The predicted octanol–water partition coefficient (Wildman–Crippen LogP) is 6.19. The van der Waals surface area contributed by atoms with Crippen LogP contribution in [0, 0.1) is 0 Å². The van der Waals surface area contributed by atoms with Crippen molar-refractivity contribution in [1.82, 2.24) is 0 Å². The molecule has 0 bridgehead atoms. The van der Waals surface area contributed by atoms with Crippen molar-refractivity contribution in [3.8, 4) is 11.5 Å². The fourth-order valence-corrected chi connectivity index (χ4v) is 2.74. The van der Waals surface area contributed by atoms with Crippen molar-refractivity contribution in [3.63, 3.8) is 0 Å². The molecular weight excluding hydrogens is 464 g/mol. The molecule has 0 fully saturated rings. The van der Waals surface area contributed by atoms with E-state index in [0.29, 0.717) is 33.9 Å². The van der Waals surface area contributed by atoms with Gasteiger partial charge in [0.2, 0.25) is 0 Å². The normalized spacial score (nSPS) is 12.3. The van der Waals surface area contributed by atoms with Gasteiger partial charge in [0.1, 0.15) is 16.8 Å². The Labute approximate surface area is 190 Å². The first-order chi connectivity index (χ1) is 13.7. The second-order valence-corrected chi connectivity index (χ2v) is 7.88. The Bertz CT molecular complexity index is 712. The van der Waals surface area contributed by atoms with Gasteiger partial charge in [-0.1, -0.05) is 51.6 Å². The molecule has 0 heterocycles. The van der Waals surface area contributed by atoms with Gasteiger partial charge in [0.25, 0.3) is 0 Å². The fraction of sp³-hybridized carbons (Fsp3) is 0.474. The zero-order valence-electron chi connectivity index (χ0n) is 16.3. The molecule has 29 heavy (non-hydrogen) atoms. The standard InChI is InChI=1S/C19H23Cl4NO5/c1-12(24-29-14(3)25)11-26-7-4-5-13(2)28-19-16(20)9-15(10-17(19)21)27-8-6-18(22)23/h6,9-10,13H,4-5,7-8,11H2,1-3H3. The summed E-state index contributed by atoms with van der Waals surface area (Å²) in [6, 6.07) is 3.22. The Kier molecular flexibility index (Phi) is 12.4. The predicted molar refractivity (Wildman–Crippen MR) is 117 cm³/mol. The minimum atomic E-state index is -0.469. The van der Waals surface area contributed by atoms with Crippen LogP contribution in [0.4, 0.5) is 0 Å². The highest BCUT2D eigenvalue weighted by atomic mass is 35.5. The van der Waals surface area contributed by atoms with Crippen molar-refractivity contribution in [2.75, 3.05) is 19.8 Å². The summed E-state index contributed by atoms with van der Waals surface area (Å²) >= 11 is 23.6. The SMILES string of the molecule is CC(=O)ON=C(C)COCCCC(C)Oc1c(Cl)cc(OCC=C(Cl)Cl)cc1Cl. The summed E-state index contributed by atoms with van der Waals surface area (Å²) in [5.74, 6) is 0.401. The third-order valence-corrected chi connectivity index (χ3v) is 4.19. The molecule has 0 saturated carbocycles. The summed E-state index contributed by atoms with van der Waals surface area (Å²) in [6.45, 7) is 5.89. The summed E-state index contributed by atoms with van der Waals surface area (Å²) in [6.07, 6.45) is 2.85. The van der Waals surface area contributed by atoms with E-state index in [2.05, 4.69) is 9.99 Å². The Morgan fingerprint density at radius 2 is 1.86 bits per heavy atom. The molecular formula is C19H23Cl4NO5. The smallest absolute Gasteiger partial charge is 0.331 e. The number of rotatable bonds is 12. The van der Waals surface area contributed by atoms with Crippen molar-refractivity contribution in [3.05, 3.63) is 32.7 Å². The van der Waals surface area contributed by atoms with E-state index in [-0.39, 0.29) is 23.8 Å². The molecule has 1 unspecified atom stereocenters. The summed E-state index contributed by atoms with van der Waals surface area (Å²) < 4.78 is 16.9. The van der Waals surface area contributed by atoms with Gasteiger partial charge in [-0.05, 0) is 32.8 Å². The van der Waals surface area contributed by atoms with Crippen molar-refractivity contribution in [1.29, 1.82) is 0 Å². The van der Waals surface area contributed by atoms with E-state index in [9.17, 15) is 4.79 Å². The van der Waals surface area contributed by atoms with Crippen molar-refractivity contribution >= 4 is 58.1 Å². The molecule has 10 heteroatoms. The molecule has 0 aliphatic rings. The lowest BCUT2D eigenvalue weighted by Gasteiger charge is -2.17. The molecule has 0 spiro atoms. The van der Waals surface area contributed by atoms with Gasteiger partial charge in [-0.25, -0.2) is 4.79 Å². The maximum Gasteiger partial charge on any atom is 0.331 e. The molecule has 162 valence electrons. The maximum absolute atomic E-state index is 10.7. The number of oxime groups is 1. The highest BCUT2D eigenvalue weighted by molar-refractivity contribution is 6.55. The molecule has 0 amide bonds. The van der Waals surface area contributed by atoms with Crippen LogP contribution in [0.2, 0.25) is 10.0 Å². The van der Waals surface area contributed by atoms with Gasteiger partial charge in [-0.15, -0.1) is 0 Å². The number of carbonyl (C=O) groups is 1. The first-order valence-electron chi connectivity index (χ1n) is 8.77. The molecule has 6 nitrogen and oxygen atoms in total. The monoisotopic (exact) mass is 485 g/mol. The zero-order chi connectivity index (χ0) is 21.8. The molecule has 1 aromatic rings. The lowest BCUT2D eigenvalue weighted by atomic mass is 10.2. The van der Waals surface area contributed by atoms with E-state index in [4.69, 9.17) is 60.6 Å². The number of ether oxygens (including phenoxy) is 3. The Balaban J connectivity index is 2.42. The van der Waals surface area contributed by atoms with Crippen LogP contribution in [0.25, 0.3) is 0 Å². The maximum atomic E-state index is 10.7. The van der Waals surface area contributed by atoms with Crippen LogP contribution in [-0.4, -0.2) is 37.6 Å². The summed E-state index contributed by atoms with van der Waals surface area (Å²) in [5, 5.41) is 4.31. The largest absolute Gasteiger partial charge is 0.489 e. The second-order valence-electron chi connectivity index (χ2n) is 6.05. The lowest BCUT2D eigenvalue weighted by molar-refractivity contribution is -0.141. The highest BCUT2D eigenvalue weighted by Crippen LogP contribution is 2.37. The number of benzene rings is 1. The third-order valence-electron chi connectivity index (χ3n) is 3.32. The molecule has 0 aromatic heterocycles. The van der Waals surface area contributed by atoms with E-state index in [1.807, 2.05) is 6.92 Å². The van der Waals surface area contributed by atoms with Crippen molar-refractivity contribution in [2.45, 2.75) is 39.7 Å². The molecule has 0 radical (unpaired) electrons.